The minimum absolute atomic E-state index is 0.169. The number of nitriles is 1. The van der Waals surface area contributed by atoms with Crippen LogP contribution in [0.1, 0.15) is 11.1 Å². The predicted molar refractivity (Wildman–Crippen MR) is 88.1 cm³/mol. The van der Waals surface area contributed by atoms with E-state index in [4.69, 9.17) is 5.26 Å². The van der Waals surface area contributed by atoms with Crippen LogP contribution in [0.4, 0.5) is 24.4 Å². The first kappa shape index (κ1) is 15.8. The van der Waals surface area contributed by atoms with Gasteiger partial charge in [-0.15, -0.1) is 0 Å². The molecule has 24 heavy (non-hydrogen) atoms. The summed E-state index contributed by atoms with van der Waals surface area (Å²) in [6.07, 6.45) is 0. The Balaban J connectivity index is 1.79. The lowest BCUT2D eigenvalue weighted by Gasteiger charge is -2.08. The number of amides is 2. The lowest BCUT2D eigenvalue weighted by Crippen LogP contribution is -2.21. The maximum absolute atomic E-state index is 13.8. The number of halogens is 2. The zero-order chi connectivity index (χ0) is 17.3. The number of hydrogen-bond acceptors (Lipinski definition) is 4. The first-order valence-corrected chi connectivity index (χ1v) is 7.62. The van der Waals surface area contributed by atoms with Crippen molar-refractivity contribution in [3.8, 4) is 6.07 Å². The van der Waals surface area contributed by atoms with E-state index in [0.29, 0.717) is 5.13 Å². The van der Waals surface area contributed by atoms with E-state index >= 15 is 0 Å². The normalized spacial score (nSPS) is 10.4. The summed E-state index contributed by atoms with van der Waals surface area (Å²) < 4.78 is 28.4. The molecular formula is C16H10F2N4OS. The molecular weight excluding hydrogens is 334 g/mol. The van der Waals surface area contributed by atoms with Crippen molar-refractivity contribution in [2.45, 2.75) is 6.92 Å². The number of rotatable bonds is 2. The molecule has 0 atom stereocenters. The van der Waals surface area contributed by atoms with Crippen LogP contribution in [0.3, 0.4) is 0 Å². The predicted octanol–water partition coefficient (Wildman–Crippen LogP) is 4.40. The molecule has 0 aliphatic heterocycles. The van der Waals surface area contributed by atoms with Crippen LogP contribution in [0.2, 0.25) is 0 Å². The van der Waals surface area contributed by atoms with Gasteiger partial charge in [0, 0.05) is 0 Å². The average Bonchev–Trinajstić information content (AvgIpc) is 2.91. The number of aromatic nitrogens is 1. The Kier molecular flexibility index (Phi) is 4.10. The number of urea groups is 1. The highest BCUT2D eigenvalue weighted by atomic mass is 32.1. The van der Waals surface area contributed by atoms with Gasteiger partial charge in [0.25, 0.3) is 0 Å². The second-order valence-electron chi connectivity index (χ2n) is 5.00. The highest BCUT2D eigenvalue weighted by Crippen LogP contribution is 2.27. The first-order chi connectivity index (χ1) is 11.5. The van der Waals surface area contributed by atoms with E-state index in [1.807, 2.05) is 25.1 Å². The molecule has 0 bridgehead atoms. The highest BCUT2D eigenvalue weighted by molar-refractivity contribution is 7.22. The number of anilines is 2. The third kappa shape index (κ3) is 3.16. The Labute approximate surface area is 139 Å². The topological polar surface area (TPSA) is 77.8 Å². The Morgan fingerprint density at radius 1 is 1.21 bits per heavy atom. The summed E-state index contributed by atoms with van der Waals surface area (Å²) in [5.74, 6) is -2.05. The van der Waals surface area contributed by atoms with Crippen LogP contribution < -0.4 is 10.6 Å². The van der Waals surface area contributed by atoms with Crippen LogP contribution in [0.15, 0.2) is 30.3 Å². The highest BCUT2D eigenvalue weighted by Gasteiger charge is 2.15. The molecule has 0 spiro atoms. The van der Waals surface area contributed by atoms with Crippen molar-refractivity contribution in [3.63, 3.8) is 0 Å². The Bertz CT molecular complexity index is 970. The number of thiazole rings is 1. The molecule has 2 aromatic carbocycles. The first-order valence-electron chi connectivity index (χ1n) is 6.80. The largest absolute Gasteiger partial charge is 0.325 e. The van der Waals surface area contributed by atoms with Crippen molar-refractivity contribution in [2.75, 3.05) is 10.6 Å². The van der Waals surface area contributed by atoms with E-state index in [1.165, 1.54) is 11.3 Å². The molecule has 3 aromatic rings. The molecule has 1 aromatic heterocycles. The van der Waals surface area contributed by atoms with Crippen LogP contribution in [-0.2, 0) is 0 Å². The Morgan fingerprint density at radius 3 is 2.58 bits per heavy atom. The molecule has 0 aliphatic carbocycles. The quantitative estimate of drug-likeness (QED) is 0.723. The minimum Gasteiger partial charge on any atom is -0.302 e. The van der Waals surface area contributed by atoms with Crippen LogP contribution in [-0.4, -0.2) is 11.0 Å². The molecule has 8 heteroatoms. The number of carbonyl (C=O) groups excluding carboxylic acids is 1. The molecule has 2 amide bonds. The van der Waals surface area contributed by atoms with Crippen LogP contribution >= 0.6 is 11.3 Å². The summed E-state index contributed by atoms with van der Waals surface area (Å²) in [5.41, 5.74) is 0.987. The number of nitrogens with one attached hydrogen (secondary N) is 2. The monoisotopic (exact) mass is 344 g/mol. The van der Waals surface area contributed by atoms with Crippen molar-refractivity contribution in [1.29, 1.82) is 5.26 Å². The fraction of sp³-hybridized carbons (Fsp3) is 0.0625. The van der Waals surface area contributed by atoms with Gasteiger partial charge >= 0.3 is 6.03 Å². The summed E-state index contributed by atoms with van der Waals surface area (Å²) in [6, 6.07) is 8.15. The fourth-order valence-corrected chi connectivity index (χ4v) is 3.04. The number of carbonyl (C=O) groups is 1. The van der Waals surface area contributed by atoms with Crippen molar-refractivity contribution in [1.82, 2.24) is 4.98 Å². The van der Waals surface area contributed by atoms with Crippen LogP contribution in [0, 0.1) is 29.9 Å². The van der Waals surface area contributed by atoms with Gasteiger partial charge in [-0.05, 0) is 36.8 Å². The molecule has 120 valence electrons. The van der Waals surface area contributed by atoms with Gasteiger partial charge in [0.2, 0.25) is 0 Å². The summed E-state index contributed by atoms with van der Waals surface area (Å²) in [4.78, 5) is 16.2. The molecule has 3 rings (SSSR count). The van der Waals surface area contributed by atoms with E-state index < -0.39 is 23.4 Å². The average molecular weight is 344 g/mol. The van der Waals surface area contributed by atoms with Gasteiger partial charge in [0.05, 0.1) is 21.8 Å². The number of nitrogens with zero attached hydrogens (tertiary/aromatic N) is 2. The summed E-state index contributed by atoms with van der Waals surface area (Å²) in [5, 5.41) is 13.5. The number of benzene rings is 2. The maximum atomic E-state index is 13.8. The van der Waals surface area contributed by atoms with Gasteiger partial charge in [0.15, 0.2) is 16.8 Å². The van der Waals surface area contributed by atoms with Gasteiger partial charge in [-0.2, -0.15) is 5.26 Å². The molecule has 0 radical (unpaired) electrons. The zero-order valence-electron chi connectivity index (χ0n) is 12.4. The zero-order valence-corrected chi connectivity index (χ0v) is 13.2. The van der Waals surface area contributed by atoms with Gasteiger partial charge in [-0.3, -0.25) is 5.32 Å². The smallest absolute Gasteiger partial charge is 0.302 e. The summed E-state index contributed by atoms with van der Waals surface area (Å²) in [6.45, 7) is 1.94. The number of aryl methyl sites for hydroxylation is 1. The van der Waals surface area contributed by atoms with Gasteiger partial charge in [0.1, 0.15) is 5.69 Å². The molecule has 0 saturated carbocycles. The van der Waals surface area contributed by atoms with Crippen LogP contribution in [0.5, 0.6) is 0 Å². The number of hydrogen-bond donors (Lipinski definition) is 2. The van der Waals surface area contributed by atoms with E-state index in [9.17, 15) is 13.6 Å². The molecule has 0 aliphatic rings. The standard InChI is InChI=1S/C16H10F2N4OS/c1-8-2-3-12-13(4-8)24-16(20-12)22-15(23)21-14-10(17)5-9(7-19)6-11(14)18/h2-6H,1H3,(H2,20,21,22,23). The van der Waals surface area contributed by atoms with Crippen molar-refractivity contribution >= 4 is 38.4 Å². The van der Waals surface area contributed by atoms with Gasteiger partial charge in [-0.25, -0.2) is 18.6 Å². The lowest BCUT2D eigenvalue weighted by atomic mass is 10.2. The molecule has 0 saturated heterocycles. The summed E-state index contributed by atoms with van der Waals surface area (Å²) in [7, 11) is 0. The second kappa shape index (κ2) is 6.22. The second-order valence-corrected chi connectivity index (χ2v) is 6.03. The SMILES string of the molecule is Cc1ccc2nc(NC(=O)Nc3c(F)cc(C#N)cc3F)sc2c1. The minimum atomic E-state index is -1.03. The molecule has 0 unspecified atom stereocenters. The van der Waals surface area contributed by atoms with E-state index in [-0.39, 0.29) is 5.56 Å². The van der Waals surface area contributed by atoms with Crippen molar-refractivity contribution < 1.29 is 13.6 Å². The summed E-state index contributed by atoms with van der Waals surface area (Å²) >= 11 is 1.25. The third-order valence-corrected chi connectivity index (χ3v) is 4.11. The molecule has 0 fully saturated rings. The molecule has 2 N–H and O–H groups in total. The van der Waals surface area contributed by atoms with Gasteiger partial charge in [-0.1, -0.05) is 17.4 Å². The van der Waals surface area contributed by atoms with E-state index in [2.05, 4.69) is 15.6 Å². The van der Waals surface area contributed by atoms with Crippen molar-refractivity contribution in [2.24, 2.45) is 0 Å². The lowest BCUT2D eigenvalue weighted by molar-refractivity contribution is 0.262. The van der Waals surface area contributed by atoms with E-state index in [1.54, 1.807) is 6.07 Å². The Morgan fingerprint density at radius 2 is 1.92 bits per heavy atom. The molecule has 5 nitrogen and oxygen atoms in total. The van der Waals surface area contributed by atoms with Crippen molar-refractivity contribution in [3.05, 3.63) is 53.1 Å². The third-order valence-electron chi connectivity index (χ3n) is 3.17. The van der Waals surface area contributed by atoms with E-state index in [0.717, 1.165) is 27.9 Å². The Hall–Kier alpha value is -3.05. The number of fused-ring (bicyclic) bond motifs is 1. The maximum Gasteiger partial charge on any atom is 0.325 e. The molecule has 1 heterocycles. The van der Waals surface area contributed by atoms with Crippen LogP contribution in [0.25, 0.3) is 10.2 Å². The fourth-order valence-electron chi connectivity index (χ4n) is 2.08. The van der Waals surface area contributed by atoms with Gasteiger partial charge < -0.3 is 5.32 Å².